The van der Waals surface area contributed by atoms with E-state index >= 15 is 0 Å². The molecule has 80 valence electrons. The minimum absolute atomic E-state index is 0.0884. The van der Waals surface area contributed by atoms with Crippen molar-refractivity contribution >= 4 is 11.7 Å². The average Bonchev–Trinajstić information content (AvgIpc) is 2.71. The number of hydrogen-bond acceptors (Lipinski definition) is 3. The van der Waals surface area contributed by atoms with E-state index in [2.05, 4.69) is 15.6 Å². The Morgan fingerprint density at radius 1 is 1.47 bits per heavy atom. The van der Waals surface area contributed by atoms with Gasteiger partial charge in [0.2, 0.25) is 5.91 Å². The van der Waals surface area contributed by atoms with Gasteiger partial charge in [0, 0.05) is 12.6 Å². The number of β-lactam (4-membered cyclic amide) rings is 1. The van der Waals surface area contributed by atoms with Crippen molar-refractivity contribution in [3.63, 3.8) is 0 Å². The Morgan fingerprint density at radius 2 is 2.27 bits per heavy atom. The molecule has 4 nitrogen and oxygen atoms in total. The maximum absolute atomic E-state index is 11.3. The van der Waals surface area contributed by atoms with Crippen molar-refractivity contribution in [3.8, 4) is 0 Å². The molecule has 3 rings (SSSR count). The molecule has 4 heteroatoms. The number of fused-ring (bicyclic) bond motifs is 1. The topological polar surface area (TPSA) is 54.0 Å². The highest BCUT2D eigenvalue weighted by molar-refractivity contribution is 5.97. The summed E-state index contributed by atoms with van der Waals surface area (Å²) in [6, 6.07) is 3.91. The number of nitrogens with zero attached hydrogens (tertiary/aromatic N) is 1. The zero-order chi connectivity index (χ0) is 10.9. The van der Waals surface area contributed by atoms with E-state index in [9.17, 15) is 4.79 Å². The van der Waals surface area contributed by atoms with E-state index in [4.69, 9.17) is 0 Å². The molecule has 1 fully saturated rings. The van der Waals surface area contributed by atoms with Crippen LogP contribution in [0.5, 0.6) is 0 Å². The number of rotatable bonds is 0. The Morgan fingerprint density at radius 3 is 2.80 bits per heavy atom. The molecule has 0 aromatic carbocycles. The maximum atomic E-state index is 11.3. The van der Waals surface area contributed by atoms with Crippen molar-refractivity contribution in [3.05, 3.63) is 23.9 Å². The normalized spacial score (nSPS) is 25.6. The van der Waals surface area contributed by atoms with Gasteiger partial charge in [-0.2, -0.15) is 0 Å². The van der Waals surface area contributed by atoms with Crippen LogP contribution < -0.4 is 10.6 Å². The predicted octanol–water partition coefficient (Wildman–Crippen LogP) is 0.944. The summed E-state index contributed by atoms with van der Waals surface area (Å²) >= 11 is 0. The molecule has 2 N–H and O–H groups in total. The number of hydrogen-bond donors (Lipinski definition) is 2. The number of pyridine rings is 1. The van der Waals surface area contributed by atoms with Gasteiger partial charge >= 0.3 is 0 Å². The van der Waals surface area contributed by atoms with Crippen LogP contribution in [0, 0.1) is 0 Å². The van der Waals surface area contributed by atoms with E-state index in [-0.39, 0.29) is 11.4 Å². The molecule has 0 saturated carbocycles. The summed E-state index contributed by atoms with van der Waals surface area (Å²) in [5.74, 6) is 0.947. The standard InChI is InChI=1S/C9H9N3O.C2H6/c13-8-9(5-11-8)4-6-2-1-3-10-7(6)12-9;1-2/h1-3H,4-5H2,(H,10,12)(H,11,13);1-2H3. The first-order valence-electron chi connectivity index (χ1n) is 5.31. The van der Waals surface area contributed by atoms with Gasteiger partial charge in [0.1, 0.15) is 11.4 Å². The van der Waals surface area contributed by atoms with Crippen LogP contribution in [-0.4, -0.2) is 23.0 Å². The van der Waals surface area contributed by atoms with E-state index in [1.165, 1.54) is 0 Å². The van der Waals surface area contributed by atoms with Gasteiger partial charge < -0.3 is 10.6 Å². The van der Waals surface area contributed by atoms with E-state index in [1.54, 1.807) is 6.20 Å². The molecule has 1 spiro atoms. The number of aromatic nitrogens is 1. The number of nitrogens with one attached hydrogen (secondary N) is 2. The van der Waals surface area contributed by atoms with E-state index in [0.717, 1.165) is 17.8 Å². The molecule has 3 heterocycles. The SMILES string of the molecule is CC.O=C1NCC12Cc1cccnc1N2. The third kappa shape index (κ3) is 1.37. The molecular weight excluding hydrogens is 190 g/mol. The lowest BCUT2D eigenvalue weighted by molar-refractivity contribution is -0.131. The summed E-state index contributed by atoms with van der Waals surface area (Å²) in [6.07, 6.45) is 2.50. The average molecular weight is 205 g/mol. The fourth-order valence-corrected chi connectivity index (χ4v) is 1.91. The molecule has 1 saturated heterocycles. The molecule has 1 amide bonds. The molecule has 2 aliphatic heterocycles. The molecule has 1 atom stereocenters. The summed E-state index contributed by atoms with van der Waals surface area (Å²) in [4.78, 5) is 15.5. The summed E-state index contributed by atoms with van der Waals surface area (Å²) < 4.78 is 0. The molecule has 2 aliphatic rings. The fourth-order valence-electron chi connectivity index (χ4n) is 1.91. The van der Waals surface area contributed by atoms with E-state index < -0.39 is 0 Å². The van der Waals surface area contributed by atoms with Gasteiger partial charge in [-0.25, -0.2) is 4.98 Å². The third-order valence-corrected chi connectivity index (χ3v) is 2.73. The monoisotopic (exact) mass is 205 g/mol. The van der Waals surface area contributed by atoms with Crippen molar-refractivity contribution in [2.24, 2.45) is 0 Å². The fraction of sp³-hybridized carbons (Fsp3) is 0.455. The largest absolute Gasteiger partial charge is 0.354 e. The lowest BCUT2D eigenvalue weighted by Crippen LogP contribution is -2.68. The Hall–Kier alpha value is -1.58. The van der Waals surface area contributed by atoms with Crippen LogP contribution in [0.15, 0.2) is 18.3 Å². The van der Waals surface area contributed by atoms with Gasteiger partial charge in [-0.3, -0.25) is 4.79 Å². The smallest absolute Gasteiger partial charge is 0.248 e. The van der Waals surface area contributed by atoms with Crippen LogP contribution in [0.2, 0.25) is 0 Å². The number of carbonyl (C=O) groups is 1. The number of carbonyl (C=O) groups excluding carboxylic acids is 1. The van der Waals surface area contributed by atoms with Crippen LogP contribution in [-0.2, 0) is 11.2 Å². The first kappa shape index (κ1) is 9.96. The Bertz CT molecular complexity index is 364. The minimum atomic E-state index is -0.378. The Labute approximate surface area is 89.1 Å². The number of amides is 1. The highest BCUT2D eigenvalue weighted by Gasteiger charge is 2.50. The first-order valence-corrected chi connectivity index (χ1v) is 5.31. The molecule has 1 aromatic heterocycles. The van der Waals surface area contributed by atoms with Gasteiger partial charge in [-0.1, -0.05) is 19.9 Å². The zero-order valence-electron chi connectivity index (χ0n) is 9.00. The second kappa shape index (κ2) is 3.53. The van der Waals surface area contributed by atoms with Gasteiger partial charge in [0.05, 0.1) is 6.54 Å². The van der Waals surface area contributed by atoms with Crippen molar-refractivity contribution in [2.45, 2.75) is 25.8 Å². The maximum Gasteiger partial charge on any atom is 0.248 e. The van der Waals surface area contributed by atoms with Crippen LogP contribution in [0.1, 0.15) is 19.4 Å². The molecule has 0 bridgehead atoms. The van der Waals surface area contributed by atoms with Gasteiger partial charge in [-0.05, 0) is 11.6 Å². The molecule has 0 aliphatic carbocycles. The van der Waals surface area contributed by atoms with Gasteiger partial charge in [0.25, 0.3) is 0 Å². The first-order chi connectivity index (χ1) is 7.30. The van der Waals surface area contributed by atoms with Crippen molar-refractivity contribution in [2.75, 3.05) is 11.9 Å². The van der Waals surface area contributed by atoms with Crippen molar-refractivity contribution < 1.29 is 4.79 Å². The van der Waals surface area contributed by atoms with E-state index in [1.807, 2.05) is 26.0 Å². The predicted molar refractivity (Wildman–Crippen MR) is 58.7 cm³/mol. The second-order valence-electron chi connectivity index (χ2n) is 3.58. The second-order valence-corrected chi connectivity index (χ2v) is 3.58. The van der Waals surface area contributed by atoms with Crippen LogP contribution >= 0.6 is 0 Å². The molecule has 1 unspecified atom stereocenters. The van der Waals surface area contributed by atoms with Crippen molar-refractivity contribution in [1.82, 2.24) is 10.3 Å². The highest BCUT2D eigenvalue weighted by atomic mass is 16.2. The minimum Gasteiger partial charge on any atom is -0.354 e. The Kier molecular flexibility index (Phi) is 2.34. The summed E-state index contributed by atoms with van der Waals surface area (Å²) in [5.41, 5.74) is 0.758. The van der Waals surface area contributed by atoms with Crippen molar-refractivity contribution in [1.29, 1.82) is 0 Å². The highest BCUT2D eigenvalue weighted by Crippen LogP contribution is 2.33. The van der Waals surface area contributed by atoms with Gasteiger partial charge in [-0.15, -0.1) is 0 Å². The summed E-state index contributed by atoms with van der Waals surface area (Å²) in [6.45, 7) is 4.71. The quantitative estimate of drug-likeness (QED) is 0.620. The molecule has 0 radical (unpaired) electrons. The molecular formula is C11H15N3O. The van der Waals surface area contributed by atoms with E-state index in [0.29, 0.717) is 6.54 Å². The number of anilines is 1. The zero-order valence-corrected chi connectivity index (χ0v) is 9.00. The molecule has 15 heavy (non-hydrogen) atoms. The summed E-state index contributed by atoms with van der Waals surface area (Å²) in [5, 5.41) is 5.92. The van der Waals surface area contributed by atoms with Crippen LogP contribution in [0.4, 0.5) is 5.82 Å². The lowest BCUT2D eigenvalue weighted by Gasteiger charge is -2.37. The van der Waals surface area contributed by atoms with Crippen LogP contribution in [0.3, 0.4) is 0 Å². The Balaban J connectivity index is 0.000000404. The lowest BCUT2D eigenvalue weighted by atomic mass is 9.88. The summed E-state index contributed by atoms with van der Waals surface area (Å²) in [7, 11) is 0. The van der Waals surface area contributed by atoms with Crippen LogP contribution in [0.25, 0.3) is 0 Å². The molecule has 1 aromatic rings. The third-order valence-electron chi connectivity index (χ3n) is 2.73. The van der Waals surface area contributed by atoms with Gasteiger partial charge in [0.15, 0.2) is 0 Å².